The van der Waals surface area contributed by atoms with Gasteiger partial charge in [-0.1, -0.05) is 35.9 Å². The summed E-state index contributed by atoms with van der Waals surface area (Å²) in [6.07, 6.45) is 1.40. The fourth-order valence-corrected chi connectivity index (χ4v) is 3.01. The highest BCUT2D eigenvalue weighted by Gasteiger charge is 2.15. The number of hydrogen-bond donors (Lipinski definition) is 1. The molecule has 0 saturated carbocycles. The van der Waals surface area contributed by atoms with Crippen LogP contribution in [0.5, 0.6) is 5.75 Å². The first-order chi connectivity index (χ1) is 13.5. The summed E-state index contributed by atoms with van der Waals surface area (Å²) in [5, 5.41) is 3.63. The van der Waals surface area contributed by atoms with Crippen molar-refractivity contribution in [1.82, 2.24) is 5.32 Å². The Kier molecular flexibility index (Phi) is 6.48. The van der Waals surface area contributed by atoms with Crippen LogP contribution in [0.3, 0.4) is 0 Å². The van der Waals surface area contributed by atoms with Crippen LogP contribution in [0.4, 0.5) is 0 Å². The van der Waals surface area contributed by atoms with E-state index < -0.39 is 0 Å². The van der Waals surface area contributed by atoms with Crippen molar-refractivity contribution in [3.63, 3.8) is 0 Å². The highest BCUT2D eigenvalue weighted by Crippen LogP contribution is 2.20. The quantitative estimate of drug-likeness (QED) is 0.335. The van der Waals surface area contributed by atoms with Crippen LogP contribution in [0.1, 0.15) is 40.9 Å². The van der Waals surface area contributed by atoms with E-state index in [-0.39, 0.29) is 23.9 Å². The number of hydrogen-bond acceptors (Lipinski definition) is 4. The molecule has 1 heterocycles. The van der Waals surface area contributed by atoms with Crippen LogP contribution in [0, 0.1) is 13.8 Å². The maximum absolute atomic E-state index is 12.2. The predicted octanol–water partition coefficient (Wildman–Crippen LogP) is 4.60. The minimum atomic E-state index is -0.313. The molecular weight excluding hydrogens is 354 g/mol. The number of carbonyl (C=O) groups excluding carboxylic acids is 2. The molecule has 2 aromatic carbocycles. The van der Waals surface area contributed by atoms with E-state index >= 15 is 0 Å². The van der Waals surface area contributed by atoms with Crippen molar-refractivity contribution in [2.24, 2.45) is 0 Å². The first-order valence-corrected chi connectivity index (χ1v) is 9.51. The molecule has 0 radical (unpaired) electrons. The maximum atomic E-state index is 12.2. The summed E-state index contributed by atoms with van der Waals surface area (Å²) in [7, 11) is 0. The molecule has 1 amide bonds. The number of unbranched alkanes of at least 4 members (excludes halogenated alkanes) is 1. The number of Topliss-reactive ketones (excluding diaryl/α,β-unsaturated/α-hetero) is 1. The molecule has 3 rings (SSSR count). The zero-order valence-electron chi connectivity index (χ0n) is 16.3. The van der Waals surface area contributed by atoms with Crippen molar-refractivity contribution in [2.75, 3.05) is 13.2 Å². The molecule has 0 fully saturated rings. The number of benzene rings is 2. The molecule has 0 unspecified atom stereocenters. The second-order valence-corrected chi connectivity index (χ2v) is 6.92. The van der Waals surface area contributed by atoms with Crippen LogP contribution < -0.4 is 10.1 Å². The minimum absolute atomic E-state index is 0.209. The molecule has 1 N–H and O–H groups in total. The van der Waals surface area contributed by atoms with Crippen molar-refractivity contribution >= 4 is 22.7 Å². The number of fused-ring (bicyclic) bond motifs is 1. The molecule has 0 bridgehead atoms. The summed E-state index contributed by atoms with van der Waals surface area (Å²) in [5.74, 6) is 0.511. The topological polar surface area (TPSA) is 68.5 Å². The Hall–Kier alpha value is -3.08. The molecular formula is C23H25NO4. The Bertz CT molecular complexity index is 941. The van der Waals surface area contributed by atoms with Crippen molar-refractivity contribution in [3.05, 3.63) is 65.4 Å². The van der Waals surface area contributed by atoms with Crippen LogP contribution >= 0.6 is 0 Å². The first-order valence-electron chi connectivity index (χ1n) is 9.51. The number of ketones is 1. The number of nitrogens with one attached hydrogen (secondary N) is 1. The molecule has 0 aliphatic carbocycles. The average Bonchev–Trinajstić information content (AvgIpc) is 3.10. The standard InChI is InChI=1S/C23H25NO4/c1-16-9-10-20(17(2)13-16)27-12-6-5-11-24-23(26)15-19(25)22-14-18-7-3-4-8-21(18)28-22/h3-4,7-10,13-14H,5-6,11-12,15H2,1-2H3,(H,24,26). The fourth-order valence-electron chi connectivity index (χ4n) is 3.01. The molecule has 5 heteroatoms. The zero-order chi connectivity index (χ0) is 19.9. The van der Waals surface area contributed by atoms with Gasteiger partial charge in [0, 0.05) is 11.9 Å². The van der Waals surface area contributed by atoms with E-state index in [0.29, 0.717) is 18.7 Å². The number of amides is 1. The normalized spacial score (nSPS) is 10.8. The lowest BCUT2D eigenvalue weighted by atomic mass is 10.1. The third kappa shape index (κ3) is 5.22. The molecule has 0 saturated heterocycles. The van der Waals surface area contributed by atoms with E-state index in [1.54, 1.807) is 12.1 Å². The fraction of sp³-hybridized carbons (Fsp3) is 0.304. The van der Waals surface area contributed by atoms with Crippen molar-refractivity contribution in [2.45, 2.75) is 33.1 Å². The van der Waals surface area contributed by atoms with Gasteiger partial charge in [-0.15, -0.1) is 0 Å². The van der Waals surface area contributed by atoms with Crippen molar-refractivity contribution < 1.29 is 18.7 Å². The number of aryl methyl sites for hydroxylation is 2. The van der Waals surface area contributed by atoms with Gasteiger partial charge >= 0.3 is 0 Å². The highest BCUT2D eigenvalue weighted by molar-refractivity contribution is 6.07. The van der Waals surface area contributed by atoms with Gasteiger partial charge < -0.3 is 14.5 Å². The van der Waals surface area contributed by atoms with Gasteiger partial charge in [0.25, 0.3) is 0 Å². The Morgan fingerprint density at radius 1 is 1.04 bits per heavy atom. The van der Waals surface area contributed by atoms with E-state index in [4.69, 9.17) is 9.15 Å². The van der Waals surface area contributed by atoms with Gasteiger partial charge in [-0.05, 0) is 50.5 Å². The van der Waals surface area contributed by atoms with Crippen LogP contribution in [0.2, 0.25) is 0 Å². The van der Waals surface area contributed by atoms with Gasteiger partial charge in [0.05, 0.1) is 13.0 Å². The van der Waals surface area contributed by atoms with Gasteiger partial charge in [0.1, 0.15) is 11.3 Å². The van der Waals surface area contributed by atoms with Gasteiger partial charge in [0.2, 0.25) is 11.7 Å². The van der Waals surface area contributed by atoms with Crippen LogP contribution in [0.15, 0.2) is 52.9 Å². The van der Waals surface area contributed by atoms with Gasteiger partial charge in [0.15, 0.2) is 5.76 Å². The third-order valence-corrected chi connectivity index (χ3v) is 4.50. The van der Waals surface area contributed by atoms with Crippen LogP contribution in [-0.2, 0) is 4.79 Å². The largest absolute Gasteiger partial charge is 0.493 e. The lowest BCUT2D eigenvalue weighted by Gasteiger charge is -2.10. The molecule has 3 aromatic rings. The second-order valence-electron chi connectivity index (χ2n) is 6.92. The molecule has 28 heavy (non-hydrogen) atoms. The van der Waals surface area contributed by atoms with Crippen molar-refractivity contribution in [1.29, 1.82) is 0 Å². The Morgan fingerprint density at radius 2 is 1.86 bits per heavy atom. The molecule has 0 aliphatic heterocycles. The summed E-state index contributed by atoms with van der Waals surface area (Å²) >= 11 is 0. The highest BCUT2D eigenvalue weighted by atomic mass is 16.5. The lowest BCUT2D eigenvalue weighted by Crippen LogP contribution is -2.26. The number of rotatable bonds is 9. The maximum Gasteiger partial charge on any atom is 0.227 e. The predicted molar refractivity (Wildman–Crippen MR) is 109 cm³/mol. The van der Waals surface area contributed by atoms with E-state index in [0.717, 1.165) is 29.5 Å². The molecule has 5 nitrogen and oxygen atoms in total. The number of carbonyl (C=O) groups is 2. The molecule has 0 atom stereocenters. The average molecular weight is 379 g/mol. The Labute approximate surface area is 164 Å². The summed E-state index contributed by atoms with van der Waals surface area (Å²) in [5.41, 5.74) is 2.98. The molecule has 0 spiro atoms. The summed E-state index contributed by atoms with van der Waals surface area (Å²) in [6, 6.07) is 15.2. The van der Waals surface area contributed by atoms with E-state index in [1.807, 2.05) is 37.3 Å². The van der Waals surface area contributed by atoms with Crippen LogP contribution in [-0.4, -0.2) is 24.8 Å². The van der Waals surface area contributed by atoms with Gasteiger partial charge in [-0.2, -0.15) is 0 Å². The first kappa shape index (κ1) is 19.7. The third-order valence-electron chi connectivity index (χ3n) is 4.50. The number of ether oxygens (including phenoxy) is 1. The monoisotopic (exact) mass is 379 g/mol. The minimum Gasteiger partial charge on any atom is -0.493 e. The summed E-state index contributed by atoms with van der Waals surface area (Å²) in [6.45, 7) is 5.19. The molecule has 146 valence electrons. The Balaban J connectivity index is 1.34. The SMILES string of the molecule is Cc1ccc(OCCCCNC(=O)CC(=O)c2cc3ccccc3o2)c(C)c1. The number of furan rings is 1. The van der Waals surface area contributed by atoms with Crippen LogP contribution in [0.25, 0.3) is 11.0 Å². The second kappa shape index (κ2) is 9.22. The van der Waals surface area contributed by atoms with E-state index in [2.05, 4.69) is 18.3 Å². The molecule has 0 aliphatic rings. The van der Waals surface area contributed by atoms with E-state index in [9.17, 15) is 9.59 Å². The smallest absolute Gasteiger partial charge is 0.227 e. The van der Waals surface area contributed by atoms with Crippen molar-refractivity contribution in [3.8, 4) is 5.75 Å². The zero-order valence-corrected chi connectivity index (χ0v) is 16.3. The Morgan fingerprint density at radius 3 is 2.64 bits per heavy atom. The summed E-state index contributed by atoms with van der Waals surface area (Å²) in [4.78, 5) is 24.2. The molecule has 1 aromatic heterocycles. The number of para-hydroxylation sites is 1. The summed E-state index contributed by atoms with van der Waals surface area (Å²) < 4.78 is 11.3. The lowest BCUT2D eigenvalue weighted by molar-refractivity contribution is -0.120. The van der Waals surface area contributed by atoms with Gasteiger partial charge in [-0.3, -0.25) is 9.59 Å². The van der Waals surface area contributed by atoms with E-state index in [1.165, 1.54) is 5.56 Å². The van der Waals surface area contributed by atoms with Gasteiger partial charge in [-0.25, -0.2) is 0 Å².